The predicted octanol–water partition coefficient (Wildman–Crippen LogP) is 6.25. The van der Waals surface area contributed by atoms with Crippen LogP contribution < -0.4 is 10.0 Å². The fourth-order valence-electron chi connectivity index (χ4n) is 4.93. The molecule has 0 bridgehead atoms. The second kappa shape index (κ2) is 13.1. The van der Waals surface area contributed by atoms with Gasteiger partial charge in [0.25, 0.3) is 5.91 Å². The molecule has 0 aliphatic carbocycles. The molecule has 1 aromatic heterocycles. The predicted molar refractivity (Wildman–Crippen MR) is 165 cm³/mol. The van der Waals surface area contributed by atoms with Crippen molar-refractivity contribution in [2.75, 3.05) is 11.9 Å². The normalized spacial score (nSPS) is 15.5. The van der Waals surface area contributed by atoms with Crippen molar-refractivity contribution in [3.63, 3.8) is 0 Å². The molecule has 3 aromatic carbocycles. The molecule has 1 saturated heterocycles. The van der Waals surface area contributed by atoms with Crippen molar-refractivity contribution in [1.29, 1.82) is 5.26 Å². The lowest BCUT2D eigenvalue weighted by Crippen LogP contribution is -2.40. The molecule has 0 saturated carbocycles. The van der Waals surface area contributed by atoms with E-state index in [0.29, 0.717) is 34.5 Å². The van der Waals surface area contributed by atoms with Crippen molar-refractivity contribution in [2.24, 2.45) is 0 Å². The molecule has 1 fully saturated rings. The van der Waals surface area contributed by atoms with Gasteiger partial charge in [0.1, 0.15) is 17.9 Å². The van der Waals surface area contributed by atoms with E-state index in [-0.39, 0.29) is 28.5 Å². The zero-order valence-corrected chi connectivity index (χ0v) is 25.6. The Hall–Kier alpha value is -4.34. The van der Waals surface area contributed by atoms with E-state index in [4.69, 9.17) is 14.0 Å². The standard InChI is InChI=1S/C33H34N4O6S/c1-33(2,3)37-44(39,40)28-12-5-4-11-26(28)23-14-16-25(17-15-23)35-32(38)30-27(21-42-29-13-6-7-18-41-29)43-36-31(30)24-10-8-9-22(19-24)20-34/h4-5,8-12,14-17,19,29,37H,6-7,13,18,21H2,1-3H3,(H,35,38). The van der Waals surface area contributed by atoms with Gasteiger partial charge in [0.05, 0.1) is 16.5 Å². The van der Waals surface area contributed by atoms with E-state index >= 15 is 0 Å². The number of anilines is 1. The average Bonchev–Trinajstić information content (AvgIpc) is 3.44. The lowest BCUT2D eigenvalue weighted by atomic mass is 10.0. The highest BCUT2D eigenvalue weighted by Crippen LogP contribution is 2.31. The van der Waals surface area contributed by atoms with Crippen LogP contribution in [0.1, 0.15) is 61.7 Å². The molecule has 11 heteroatoms. The van der Waals surface area contributed by atoms with Gasteiger partial charge in [0.2, 0.25) is 10.0 Å². The maximum Gasteiger partial charge on any atom is 0.261 e. The summed E-state index contributed by atoms with van der Waals surface area (Å²) >= 11 is 0. The van der Waals surface area contributed by atoms with Gasteiger partial charge in [-0.3, -0.25) is 4.79 Å². The molecule has 1 amide bonds. The number of carbonyl (C=O) groups excluding carboxylic acids is 1. The second-order valence-electron chi connectivity index (χ2n) is 11.5. The fraction of sp³-hybridized carbons (Fsp3) is 0.303. The lowest BCUT2D eigenvalue weighted by molar-refractivity contribution is -0.171. The average molecular weight is 615 g/mol. The first-order valence-electron chi connectivity index (χ1n) is 14.3. The number of rotatable bonds is 9. The first kappa shape index (κ1) is 31.1. The summed E-state index contributed by atoms with van der Waals surface area (Å²) in [7, 11) is -3.79. The molecule has 0 spiro atoms. The quantitative estimate of drug-likeness (QED) is 0.225. The molecule has 1 atom stereocenters. The summed E-state index contributed by atoms with van der Waals surface area (Å²) in [6, 6.07) is 22.5. The zero-order valence-electron chi connectivity index (χ0n) is 24.8. The molecule has 1 aliphatic rings. The summed E-state index contributed by atoms with van der Waals surface area (Å²) in [6.07, 6.45) is 2.31. The van der Waals surface area contributed by atoms with Crippen LogP contribution >= 0.6 is 0 Å². The van der Waals surface area contributed by atoms with Gasteiger partial charge in [-0.2, -0.15) is 5.26 Å². The van der Waals surface area contributed by atoms with Crippen LogP contribution in [0.25, 0.3) is 22.4 Å². The first-order chi connectivity index (χ1) is 21.0. The third-order valence-corrected chi connectivity index (χ3v) is 8.68. The Bertz CT molecular complexity index is 1780. The molecule has 228 valence electrons. The number of nitrogens with zero attached hydrogens (tertiary/aromatic N) is 2. The maximum atomic E-state index is 13.7. The summed E-state index contributed by atoms with van der Waals surface area (Å²) in [5, 5.41) is 16.5. The molecule has 2 N–H and O–H groups in total. The Kier molecular flexibility index (Phi) is 9.27. The van der Waals surface area contributed by atoms with E-state index in [0.717, 1.165) is 19.3 Å². The molecule has 44 heavy (non-hydrogen) atoms. The molecule has 10 nitrogen and oxygen atoms in total. The summed E-state index contributed by atoms with van der Waals surface area (Å²) in [4.78, 5) is 13.9. The first-order valence-corrected chi connectivity index (χ1v) is 15.8. The molecule has 5 rings (SSSR count). The highest BCUT2D eigenvalue weighted by atomic mass is 32.2. The minimum Gasteiger partial charge on any atom is -0.357 e. The van der Waals surface area contributed by atoms with Crippen LogP contribution in [0.2, 0.25) is 0 Å². The van der Waals surface area contributed by atoms with E-state index in [9.17, 15) is 18.5 Å². The van der Waals surface area contributed by atoms with Gasteiger partial charge < -0.3 is 19.3 Å². The van der Waals surface area contributed by atoms with Crippen LogP contribution in [0, 0.1) is 11.3 Å². The highest BCUT2D eigenvalue weighted by Gasteiger charge is 2.27. The van der Waals surface area contributed by atoms with E-state index in [2.05, 4.69) is 21.3 Å². The Labute approximate surface area is 257 Å². The van der Waals surface area contributed by atoms with Crippen LogP contribution in [0.15, 0.2) is 82.2 Å². The monoisotopic (exact) mass is 614 g/mol. The largest absolute Gasteiger partial charge is 0.357 e. The molecule has 0 radical (unpaired) electrons. The molecule has 4 aromatic rings. The number of hydrogen-bond donors (Lipinski definition) is 2. The number of nitriles is 1. The Morgan fingerprint density at radius 2 is 1.82 bits per heavy atom. The molecule has 1 unspecified atom stereocenters. The van der Waals surface area contributed by atoms with E-state index in [1.54, 1.807) is 93.6 Å². The Morgan fingerprint density at radius 1 is 1.05 bits per heavy atom. The van der Waals surface area contributed by atoms with Crippen LogP contribution in [-0.2, 0) is 26.1 Å². The Balaban J connectivity index is 1.41. The number of amides is 1. The number of ether oxygens (including phenoxy) is 2. The van der Waals surface area contributed by atoms with Gasteiger partial charge in [0, 0.05) is 29.0 Å². The highest BCUT2D eigenvalue weighted by molar-refractivity contribution is 7.89. The zero-order chi connectivity index (χ0) is 31.3. The number of sulfonamides is 1. The van der Waals surface area contributed by atoms with Crippen molar-refractivity contribution in [1.82, 2.24) is 9.88 Å². The third kappa shape index (κ3) is 7.41. The minimum atomic E-state index is -3.79. The maximum absolute atomic E-state index is 13.7. The van der Waals surface area contributed by atoms with E-state index in [1.165, 1.54) is 0 Å². The topological polar surface area (TPSA) is 144 Å². The van der Waals surface area contributed by atoms with Crippen molar-refractivity contribution in [2.45, 2.75) is 63.4 Å². The van der Waals surface area contributed by atoms with Crippen molar-refractivity contribution in [3.8, 4) is 28.5 Å². The Morgan fingerprint density at radius 3 is 2.52 bits per heavy atom. The third-order valence-electron chi connectivity index (χ3n) is 6.86. The number of aromatic nitrogens is 1. The van der Waals surface area contributed by atoms with Crippen molar-refractivity contribution < 1.29 is 27.2 Å². The summed E-state index contributed by atoms with van der Waals surface area (Å²) < 4.78 is 46.1. The summed E-state index contributed by atoms with van der Waals surface area (Å²) in [5.74, 6) is -0.243. The van der Waals surface area contributed by atoms with Crippen LogP contribution in [0.4, 0.5) is 5.69 Å². The van der Waals surface area contributed by atoms with Crippen molar-refractivity contribution in [3.05, 3.63) is 89.7 Å². The van der Waals surface area contributed by atoms with Crippen molar-refractivity contribution >= 4 is 21.6 Å². The van der Waals surface area contributed by atoms with E-state index < -0.39 is 27.8 Å². The summed E-state index contributed by atoms with van der Waals surface area (Å²) in [5.41, 5.74) is 2.46. The van der Waals surface area contributed by atoms with E-state index in [1.807, 2.05) is 0 Å². The number of benzene rings is 3. The number of carbonyl (C=O) groups is 1. The van der Waals surface area contributed by atoms with Gasteiger partial charge >= 0.3 is 0 Å². The van der Waals surface area contributed by atoms with Gasteiger partial charge in [-0.15, -0.1) is 0 Å². The molecule has 1 aliphatic heterocycles. The number of hydrogen-bond acceptors (Lipinski definition) is 8. The lowest BCUT2D eigenvalue weighted by Gasteiger charge is -2.22. The van der Waals surface area contributed by atoms with Gasteiger partial charge in [-0.05, 0) is 75.9 Å². The second-order valence-corrected chi connectivity index (χ2v) is 13.2. The van der Waals surface area contributed by atoms with Crippen LogP contribution in [0.5, 0.6) is 0 Å². The van der Waals surface area contributed by atoms with Gasteiger partial charge in [-0.1, -0.05) is 47.6 Å². The molecule has 2 heterocycles. The number of nitrogens with one attached hydrogen (secondary N) is 2. The fourth-order valence-corrected chi connectivity index (χ4v) is 6.57. The minimum absolute atomic E-state index is 0.0227. The van der Waals surface area contributed by atoms with Gasteiger partial charge in [0.15, 0.2) is 12.1 Å². The van der Waals surface area contributed by atoms with Crippen LogP contribution in [-0.4, -0.2) is 37.9 Å². The summed E-state index contributed by atoms with van der Waals surface area (Å²) in [6.45, 7) is 5.94. The SMILES string of the molecule is CC(C)(C)NS(=O)(=O)c1ccccc1-c1ccc(NC(=O)c2c(-c3cccc(C#N)c3)noc2COC2CCCCO2)cc1. The molecular weight excluding hydrogens is 580 g/mol. The van der Waals surface area contributed by atoms with Crippen LogP contribution in [0.3, 0.4) is 0 Å². The van der Waals surface area contributed by atoms with Gasteiger partial charge in [-0.25, -0.2) is 13.1 Å². The smallest absolute Gasteiger partial charge is 0.261 e. The molecular formula is C33H34N4O6S.